The standard InChI is InChI=1S/C13H16N2O3S/c1-3-14-7-13(18)15(8-12(14)17)6-10(16)11-5-4-9(2)19-11/h4-5H,3,6-8H2,1-2H3. The van der Waals surface area contributed by atoms with Crippen molar-refractivity contribution in [1.29, 1.82) is 0 Å². The molecule has 0 saturated carbocycles. The molecule has 0 radical (unpaired) electrons. The van der Waals surface area contributed by atoms with E-state index in [2.05, 4.69) is 0 Å². The lowest BCUT2D eigenvalue weighted by atomic mass is 10.2. The number of piperazine rings is 1. The van der Waals surface area contributed by atoms with Gasteiger partial charge in [0.15, 0.2) is 5.78 Å². The van der Waals surface area contributed by atoms with E-state index in [1.54, 1.807) is 6.07 Å². The van der Waals surface area contributed by atoms with Crippen molar-refractivity contribution in [2.24, 2.45) is 0 Å². The average molecular weight is 280 g/mol. The number of ketones is 1. The van der Waals surface area contributed by atoms with Crippen molar-refractivity contribution in [2.45, 2.75) is 13.8 Å². The number of aryl methyl sites for hydroxylation is 1. The molecule has 0 atom stereocenters. The molecule has 2 rings (SSSR count). The zero-order valence-electron chi connectivity index (χ0n) is 11.0. The zero-order chi connectivity index (χ0) is 14.0. The number of Topliss-reactive ketones (excluding diaryl/α,β-unsaturated/α-hetero) is 1. The first-order chi connectivity index (χ1) is 9.01. The van der Waals surface area contributed by atoms with Crippen LogP contribution in [0.3, 0.4) is 0 Å². The van der Waals surface area contributed by atoms with Crippen LogP contribution in [0.4, 0.5) is 0 Å². The summed E-state index contributed by atoms with van der Waals surface area (Å²) in [4.78, 5) is 40.1. The largest absolute Gasteiger partial charge is 0.332 e. The van der Waals surface area contributed by atoms with Gasteiger partial charge in [0.1, 0.15) is 6.54 Å². The number of rotatable bonds is 4. The summed E-state index contributed by atoms with van der Waals surface area (Å²) >= 11 is 1.41. The third kappa shape index (κ3) is 3.01. The first-order valence-corrected chi connectivity index (χ1v) is 6.98. The van der Waals surface area contributed by atoms with Crippen LogP contribution in [0.1, 0.15) is 21.5 Å². The highest BCUT2D eigenvalue weighted by atomic mass is 32.1. The Labute approximate surface area is 115 Å². The molecular weight excluding hydrogens is 264 g/mol. The summed E-state index contributed by atoms with van der Waals surface area (Å²) in [5.41, 5.74) is 0. The molecule has 1 aliphatic rings. The zero-order valence-corrected chi connectivity index (χ0v) is 11.8. The minimum atomic E-state index is -0.164. The number of carbonyl (C=O) groups excluding carboxylic acids is 3. The lowest BCUT2D eigenvalue weighted by Crippen LogP contribution is -2.54. The van der Waals surface area contributed by atoms with Crippen LogP contribution in [-0.2, 0) is 9.59 Å². The Morgan fingerprint density at radius 2 is 1.84 bits per heavy atom. The molecule has 0 aliphatic carbocycles. The van der Waals surface area contributed by atoms with Crippen molar-refractivity contribution >= 4 is 28.9 Å². The fourth-order valence-corrected chi connectivity index (χ4v) is 2.77. The third-order valence-electron chi connectivity index (χ3n) is 3.09. The number of amides is 2. The van der Waals surface area contributed by atoms with Crippen molar-refractivity contribution in [2.75, 3.05) is 26.2 Å². The van der Waals surface area contributed by atoms with Gasteiger partial charge in [0.25, 0.3) is 0 Å². The molecule has 5 nitrogen and oxygen atoms in total. The van der Waals surface area contributed by atoms with Gasteiger partial charge in [-0.3, -0.25) is 14.4 Å². The summed E-state index contributed by atoms with van der Waals surface area (Å²) in [6.45, 7) is 4.35. The Bertz CT molecular complexity index is 524. The lowest BCUT2D eigenvalue weighted by Gasteiger charge is -2.32. The summed E-state index contributed by atoms with van der Waals surface area (Å²) in [7, 11) is 0. The molecule has 102 valence electrons. The van der Waals surface area contributed by atoms with Crippen molar-refractivity contribution in [3.63, 3.8) is 0 Å². The normalized spacial score (nSPS) is 16.1. The van der Waals surface area contributed by atoms with E-state index in [0.29, 0.717) is 11.4 Å². The van der Waals surface area contributed by atoms with E-state index < -0.39 is 0 Å². The molecule has 2 heterocycles. The van der Waals surface area contributed by atoms with Gasteiger partial charge in [-0.15, -0.1) is 11.3 Å². The van der Waals surface area contributed by atoms with Gasteiger partial charge in [-0.1, -0.05) is 0 Å². The second kappa shape index (κ2) is 5.52. The lowest BCUT2D eigenvalue weighted by molar-refractivity contribution is -0.149. The van der Waals surface area contributed by atoms with E-state index in [0.717, 1.165) is 4.88 Å². The summed E-state index contributed by atoms with van der Waals surface area (Å²) in [5.74, 6) is -0.371. The van der Waals surface area contributed by atoms with E-state index in [-0.39, 0.29) is 37.2 Å². The molecule has 1 fully saturated rings. The number of thiophene rings is 1. The summed E-state index contributed by atoms with van der Waals surface area (Å²) < 4.78 is 0. The summed E-state index contributed by atoms with van der Waals surface area (Å²) in [5, 5.41) is 0. The molecular formula is C13H16N2O3S. The molecule has 19 heavy (non-hydrogen) atoms. The topological polar surface area (TPSA) is 57.7 Å². The number of likely N-dealkylation sites (N-methyl/N-ethyl adjacent to an activating group) is 1. The maximum absolute atomic E-state index is 12.0. The van der Waals surface area contributed by atoms with Crippen molar-refractivity contribution in [3.05, 3.63) is 21.9 Å². The SMILES string of the molecule is CCN1CC(=O)N(CC(=O)c2ccc(C)s2)CC1=O. The second-order valence-corrected chi connectivity index (χ2v) is 5.78. The van der Waals surface area contributed by atoms with Gasteiger partial charge in [-0.05, 0) is 26.0 Å². The second-order valence-electron chi connectivity index (χ2n) is 4.49. The van der Waals surface area contributed by atoms with Crippen LogP contribution in [-0.4, -0.2) is 53.6 Å². The van der Waals surface area contributed by atoms with Crippen LogP contribution in [0.2, 0.25) is 0 Å². The molecule has 1 saturated heterocycles. The average Bonchev–Trinajstić information content (AvgIpc) is 2.80. The maximum atomic E-state index is 12.0. The molecule has 1 aromatic heterocycles. The number of carbonyl (C=O) groups is 3. The van der Waals surface area contributed by atoms with Crippen LogP contribution < -0.4 is 0 Å². The van der Waals surface area contributed by atoms with Crippen molar-refractivity contribution in [3.8, 4) is 0 Å². The van der Waals surface area contributed by atoms with Crippen LogP contribution in [0.5, 0.6) is 0 Å². The van der Waals surface area contributed by atoms with Gasteiger partial charge in [-0.25, -0.2) is 0 Å². The van der Waals surface area contributed by atoms with E-state index in [4.69, 9.17) is 0 Å². The van der Waals surface area contributed by atoms with Gasteiger partial charge >= 0.3 is 0 Å². The van der Waals surface area contributed by atoms with Crippen LogP contribution >= 0.6 is 11.3 Å². The predicted molar refractivity (Wildman–Crippen MR) is 72.2 cm³/mol. The van der Waals surface area contributed by atoms with E-state index in [1.165, 1.54) is 21.1 Å². The monoisotopic (exact) mass is 280 g/mol. The number of hydrogen-bond acceptors (Lipinski definition) is 4. The fourth-order valence-electron chi connectivity index (χ4n) is 1.97. The Balaban J connectivity index is 2.01. The van der Waals surface area contributed by atoms with Crippen LogP contribution in [0.15, 0.2) is 12.1 Å². The summed E-state index contributed by atoms with van der Waals surface area (Å²) in [6, 6.07) is 3.64. The minimum Gasteiger partial charge on any atom is -0.332 e. The highest BCUT2D eigenvalue weighted by Crippen LogP contribution is 2.16. The van der Waals surface area contributed by atoms with E-state index >= 15 is 0 Å². The Hall–Kier alpha value is -1.69. The van der Waals surface area contributed by atoms with E-state index in [1.807, 2.05) is 19.9 Å². The Morgan fingerprint density at radius 3 is 2.42 bits per heavy atom. The van der Waals surface area contributed by atoms with Crippen LogP contribution in [0.25, 0.3) is 0 Å². The van der Waals surface area contributed by atoms with Gasteiger partial charge in [0.05, 0.1) is 18.0 Å². The van der Waals surface area contributed by atoms with Crippen LogP contribution in [0, 0.1) is 6.92 Å². The number of hydrogen-bond donors (Lipinski definition) is 0. The molecule has 0 N–H and O–H groups in total. The smallest absolute Gasteiger partial charge is 0.243 e. The molecule has 1 aromatic rings. The highest BCUT2D eigenvalue weighted by molar-refractivity contribution is 7.14. The maximum Gasteiger partial charge on any atom is 0.243 e. The third-order valence-corrected chi connectivity index (χ3v) is 4.13. The molecule has 6 heteroatoms. The number of nitrogens with zero attached hydrogens (tertiary/aromatic N) is 2. The molecule has 0 aromatic carbocycles. The Morgan fingerprint density at radius 1 is 1.21 bits per heavy atom. The molecule has 0 unspecified atom stereocenters. The summed E-state index contributed by atoms with van der Waals surface area (Å²) in [6.07, 6.45) is 0. The highest BCUT2D eigenvalue weighted by Gasteiger charge is 2.30. The van der Waals surface area contributed by atoms with Gasteiger partial charge < -0.3 is 9.80 Å². The van der Waals surface area contributed by atoms with Crippen molar-refractivity contribution < 1.29 is 14.4 Å². The quantitative estimate of drug-likeness (QED) is 0.771. The predicted octanol–water partition coefficient (Wildman–Crippen LogP) is 0.930. The fraction of sp³-hybridized carbons (Fsp3) is 0.462. The van der Waals surface area contributed by atoms with Crippen molar-refractivity contribution in [1.82, 2.24) is 9.80 Å². The minimum absolute atomic E-state index is 0.00275. The first-order valence-electron chi connectivity index (χ1n) is 6.16. The first kappa shape index (κ1) is 13.7. The van der Waals surface area contributed by atoms with Gasteiger partial charge in [0.2, 0.25) is 11.8 Å². The molecule has 1 aliphatic heterocycles. The van der Waals surface area contributed by atoms with Gasteiger partial charge in [0, 0.05) is 11.4 Å². The van der Waals surface area contributed by atoms with E-state index in [9.17, 15) is 14.4 Å². The Kier molecular flexibility index (Phi) is 3.99. The molecule has 0 spiro atoms. The van der Waals surface area contributed by atoms with Gasteiger partial charge in [-0.2, -0.15) is 0 Å². The molecule has 2 amide bonds. The molecule has 0 bridgehead atoms.